The number of hydrogen-bond donors (Lipinski definition) is 3. The number of benzene rings is 1. The summed E-state index contributed by atoms with van der Waals surface area (Å²) in [5.41, 5.74) is -1.85. The number of nitrogens with one attached hydrogen (secondary N) is 3. The summed E-state index contributed by atoms with van der Waals surface area (Å²) in [6, 6.07) is 2.66. The van der Waals surface area contributed by atoms with Crippen LogP contribution < -0.4 is 20.1 Å². The normalized spacial score (nSPS) is 31.2. The van der Waals surface area contributed by atoms with Gasteiger partial charge in [-0.15, -0.1) is 0 Å². The van der Waals surface area contributed by atoms with Crippen LogP contribution in [0.15, 0.2) is 30.4 Å². The summed E-state index contributed by atoms with van der Waals surface area (Å²) in [6.45, 7) is 3.48. The maximum atomic E-state index is 15.2. The van der Waals surface area contributed by atoms with Crippen LogP contribution in [-0.4, -0.2) is 82.2 Å². The molecular formula is C45H54FN5O8S. The minimum atomic E-state index is -4.09. The molecule has 3 N–H and O–H groups in total. The second-order valence-corrected chi connectivity index (χ2v) is 21.0. The summed E-state index contributed by atoms with van der Waals surface area (Å²) >= 11 is 0. The number of allylic oxidation sites excluding steroid dienone is 1. The molecule has 13 nitrogen and oxygen atoms in total. The van der Waals surface area contributed by atoms with E-state index in [4.69, 9.17) is 14.5 Å². The van der Waals surface area contributed by atoms with Crippen LogP contribution >= 0.6 is 0 Å². The second kappa shape index (κ2) is 15.0. The number of alkyl carbamates (subject to hydrolysis) is 1. The molecule has 4 aliphatic carbocycles. The van der Waals surface area contributed by atoms with Gasteiger partial charge in [0.1, 0.15) is 40.4 Å². The number of ether oxygens (including phenoxy) is 2. The highest BCUT2D eigenvalue weighted by Gasteiger charge is 2.59. The van der Waals surface area contributed by atoms with Crippen LogP contribution in [0.25, 0.3) is 10.9 Å². The molecule has 2 aromatic rings. The molecule has 0 bridgehead atoms. The number of halogens is 1. The molecule has 3 aliphatic heterocycles. The molecule has 3 saturated carbocycles. The molecule has 4 amide bonds. The van der Waals surface area contributed by atoms with Gasteiger partial charge >= 0.3 is 6.09 Å². The molecule has 0 radical (unpaired) electrons. The Kier molecular flexibility index (Phi) is 10.2. The summed E-state index contributed by atoms with van der Waals surface area (Å²) < 4.78 is 56.0. The van der Waals surface area contributed by atoms with Gasteiger partial charge < -0.3 is 25.0 Å². The average molecular weight is 844 g/mol. The summed E-state index contributed by atoms with van der Waals surface area (Å²) in [6.07, 6.45) is 13.8. The molecule has 320 valence electrons. The number of aromatic nitrogens is 1. The SMILES string of the molecule is CC1(OC(=O)N[C@H]2CCCCC/C=C\[C@@H]3C#C[C@@]3(C(=O)NS(=O)(=O)C3(C)CC3)NC(=O)[C@@H]3C[C@]4(CCc5c(c(C6CC6)nc6c(F)cccc56)O4)CN3C2=O)CCCCC1. The van der Waals surface area contributed by atoms with E-state index in [9.17, 15) is 22.8 Å². The first-order valence-corrected chi connectivity index (χ1v) is 23.3. The first-order chi connectivity index (χ1) is 28.6. The highest BCUT2D eigenvalue weighted by Crippen LogP contribution is 2.51. The van der Waals surface area contributed by atoms with Gasteiger partial charge in [0, 0.05) is 23.3 Å². The highest BCUT2D eigenvalue weighted by molar-refractivity contribution is 7.91. The van der Waals surface area contributed by atoms with Gasteiger partial charge in [0.25, 0.3) is 5.91 Å². The Balaban J connectivity index is 1.07. The van der Waals surface area contributed by atoms with Gasteiger partial charge in [-0.3, -0.25) is 14.4 Å². The minimum Gasteiger partial charge on any atom is -0.483 e. The van der Waals surface area contributed by atoms with Crippen molar-refractivity contribution in [3.63, 3.8) is 0 Å². The lowest BCUT2D eigenvalue weighted by Crippen LogP contribution is -2.68. The van der Waals surface area contributed by atoms with Crippen molar-refractivity contribution in [2.24, 2.45) is 5.92 Å². The standard InChI is InChI=1S/C45H54FN5O8S/c1-42(20-9-6-10-21-42)59-41(55)47-33-15-8-5-3-4-7-12-29-18-23-45(29,40(54)50-60(56,57)43(2)24-25-43)49-38(52)34-26-44(27-51(34)39(33)53)22-19-31-30-13-11-14-32(46)36(30)48-35(28-16-17-28)37(31)58-44/h7,11-14,28-29,33-34H,3-6,8-10,15-17,19-22,24-27H2,1-2H3,(H,47,55)(H,49,52)(H,50,54)/b12-7-/t29-,33+,34+,44-,45-/m1/s1. The number of nitrogens with zero attached hydrogens (tertiary/aromatic N) is 2. The lowest BCUT2D eigenvalue weighted by Gasteiger charge is -2.38. The van der Waals surface area contributed by atoms with Gasteiger partial charge in [-0.25, -0.2) is 27.3 Å². The zero-order chi connectivity index (χ0) is 42.1. The van der Waals surface area contributed by atoms with Gasteiger partial charge in [0.15, 0.2) is 5.54 Å². The van der Waals surface area contributed by atoms with Gasteiger partial charge in [-0.05, 0) is 103 Å². The summed E-state index contributed by atoms with van der Waals surface area (Å²) in [4.78, 5) is 64.0. The molecule has 5 atom stereocenters. The fraction of sp³-hybridized carbons (Fsp3) is 0.622. The predicted octanol–water partition coefficient (Wildman–Crippen LogP) is 5.74. The molecule has 15 heteroatoms. The number of sulfonamides is 1. The van der Waals surface area contributed by atoms with Crippen LogP contribution in [0, 0.1) is 23.6 Å². The zero-order valence-electron chi connectivity index (χ0n) is 34.4. The molecule has 1 spiro atoms. The van der Waals surface area contributed by atoms with E-state index in [1.807, 2.05) is 19.1 Å². The molecule has 1 saturated heterocycles. The first kappa shape index (κ1) is 40.7. The smallest absolute Gasteiger partial charge is 0.408 e. The lowest BCUT2D eigenvalue weighted by atomic mass is 9.75. The average Bonchev–Trinajstić information content (AvgIpc) is 4.14. The Morgan fingerprint density at radius 3 is 2.50 bits per heavy atom. The molecular weight excluding hydrogens is 790 g/mol. The maximum Gasteiger partial charge on any atom is 0.408 e. The van der Waals surface area contributed by atoms with Crippen molar-refractivity contribution >= 4 is 44.7 Å². The maximum absolute atomic E-state index is 15.2. The molecule has 7 aliphatic rings. The third kappa shape index (κ3) is 7.40. The van der Waals surface area contributed by atoms with Gasteiger partial charge in [0.05, 0.1) is 22.9 Å². The number of aryl methyl sites for hydroxylation is 1. The van der Waals surface area contributed by atoms with Crippen LogP contribution in [0.1, 0.15) is 134 Å². The van der Waals surface area contributed by atoms with E-state index in [0.29, 0.717) is 67.3 Å². The van der Waals surface area contributed by atoms with Crippen LogP contribution in [-0.2, 0) is 35.6 Å². The van der Waals surface area contributed by atoms with E-state index in [1.54, 1.807) is 19.1 Å². The number of amides is 4. The van der Waals surface area contributed by atoms with Crippen LogP contribution in [0.4, 0.5) is 9.18 Å². The molecule has 1 aromatic heterocycles. The lowest BCUT2D eigenvalue weighted by molar-refractivity contribution is -0.142. The molecule has 0 unspecified atom stereocenters. The Morgan fingerprint density at radius 2 is 1.78 bits per heavy atom. The summed E-state index contributed by atoms with van der Waals surface area (Å²) in [5.74, 6) is 3.06. The number of carbonyl (C=O) groups is 4. The fourth-order valence-electron chi connectivity index (χ4n) is 9.78. The van der Waals surface area contributed by atoms with E-state index in [-0.39, 0.29) is 18.9 Å². The molecule has 60 heavy (non-hydrogen) atoms. The summed E-state index contributed by atoms with van der Waals surface area (Å²) in [7, 11) is -4.09. The molecule has 4 heterocycles. The third-order valence-corrected chi connectivity index (χ3v) is 16.2. The van der Waals surface area contributed by atoms with Crippen LogP contribution in [0.5, 0.6) is 5.75 Å². The van der Waals surface area contributed by atoms with Gasteiger partial charge in [-0.2, -0.15) is 0 Å². The van der Waals surface area contributed by atoms with Crippen molar-refractivity contribution in [3.05, 3.63) is 47.4 Å². The predicted molar refractivity (Wildman–Crippen MR) is 219 cm³/mol. The van der Waals surface area contributed by atoms with Crippen molar-refractivity contribution in [2.45, 2.75) is 162 Å². The van der Waals surface area contributed by atoms with Gasteiger partial charge in [0.2, 0.25) is 21.8 Å². The van der Waals surface area contributed by atoms with Crippen molar-refractivity contribution < 1.29 is 41.5 Å². The van der Waals surface area contributed by atoms with Crippen LogP contribution in [0.3, 0.4) is 0 Å². The Bertz CT molecular complexity index is 2340. The highest BCUT2D eigenvalue weighted by atomic mass is 32.2. The number of para-hydroxylation sites is 1. The molecule has 9 rings (SSSR count). The van der Waals surface area contributed by atoms with Crippen molar-refractivity contribution in [1.29, 1.82) is 0 Å². The van der Waals surface area contributed by atoms with E-state index < -0.39 is 79.1 Å². The number of rotatable bonds is 6. The van der Waals surface area contributed by atoms with Gasteiger partial charge in [-0.1, -0.05) is 55.4 Å². The van der Waals surface area contributed by atoms with Crippen molar-refractivity contribution in [3.8, 4) is 17.6 Å². The zero-order valence-corrected chi connectivity index (χ0v) is 35.2. The Hall–Kier alpha value is -4.71. The number of hydrogen-bond acceptors (Lipinski definition) is 9. The molecule has 1 aromatic carbocycles. The van der Waals surface area contributed by atoms with E-state index >= 15 is 9.18 Å². The van der Waals surface area contributed by atoms with Crippen molar-refractivity contribution in [2.75, 3.05) is 6.54 Å². The second-order valence-electron chi connectivity index (χ2n) is 18.8. The topological polar surface area (TPSA) is 173 Å². The Labute approximate surface area is 350 Å². The van der Waals surface area contributed by atoms with Crippen molar-refractivity contribution in [1.82, 2.24) is 25.2 Å². The first-order valence-electron chi connectivity index (χ1n) is 21.8. The Morgan fingerprint density at radius 1 is 1.02 bits per heavy atom. The van der Waals surface area contributed by atoms with E-state index in [1.165, 1.54) is 11.0 Å². The number of fused-ring (bicyclic) bond motifs is 5. The summed E-state index contributed by atoms with van der Waals surface area (Å²) in [5, 5.41) is 6.40. The third-order valence-electron chi connectivity index (χ3n) is 14.1. The minimum absolute atomic E-state index is 0.0134. The van der Waals surface area contributed by atoms with E-state index in [2.05, 4.69) is 27.2 Å². The molecule has 4 fully saturated rings. The quantitative estimate of drug-likeness (QED) is 0.242. The van der Waals surface area contributed by atoms with Crippen LogP contribution in [0.2, 0.25) is 0 Å². The number of pyridine rings is 1. The largest absolute Gasteiger partial charge is 0.483 e. The monoisotopic (exact) mass is 843 g/mol. The number of carbonyl (C=O) groups excluding carboxylic acids is 4. The fourth-order valence-corrected chi connectivity index (χ4v) is 11.1. The van der Waals surface area contributed by atoms with E-state index in [0.717, 1.165) is 63.4 Å².